The van der Waals surface area contributed by atoms with Crippen molar-refractivity contribution in [3.8, 4) is 0 Å². The number of hydrogen-bond acceptors (Lipinski definition) is 5. The van der Waals surface area contributed by atoms with Gasteiger partial charge in [-0.1, -0.05) is 10.6 Å². The first-order valence-corrected chi connectivity index (χ1v) is 5.14. The Morgan fingerprint density at radius 2 is 2.36 bits per heavy atom. The van der Waals surface area contributed by atoms with Gasteiger partial charge in [0.15, 0.2) is 0 Å². The molecule has 4 nitrogen and oxygen atoms in total. The molecule has 2 aromatic heterocycles. The highest BCUT2D eigenvalue weighted by molar-refractivity contribution is 7.03. The second-order valence-corrected chi connectivity index (χ2v) is 3.47. The first kappa shape index (κ1) is 9.23. The van der Waals surface area contributed by atoms with Crippen LogP contribution in [0, 0.1) is 0 Å². The van der Waals surface area contributed by atoms with Gasteiger partial charge in [0.05, 0.1) is 5.69 Å². The van der Waals surface area contributed by atoms with Gasteiger partial charge in [0, 0.05) is 30.9 Å². The average molecular weight is 206 g/mol. The molecule has 2 rings (SSSR count). The van der Waals surface area contributed by atoms with E-state index in [0.29, 0.717) is 0 Å². The fraction of sp³-hybridized carbons (Fsp3) is 0.222. The highest BCUT2D eigenvalue weighted by Crippen LogP contribution is 1.98. The summed E-state index contributed by atoms with van der Waals surface area (Å²) in [6, 6.07) is 3.97. The molecule has 2 aromatic rings. The van der Waals surface area contributed by atoms with E-state index in [1.54, 1.807) is 6.20 Å². The minimum Gasteiger partial charge on any atom is -0.307 e. The molecule has 0 aliphatic heterocycles. The molecule has 1 N–H and O–H groups in total. The molecular weight excluding hydrogens is 196 g/mol. The summed E-state index contributed by atoms with van der Waals surface area (Å²) in [6.07, 6.45) is 3.63. The van der Waals surface area contributed by atoms with Crippen molar-refractivity contribution in [3.63, 3.8) is 0 Å². The SMILES string of the molecule is c1cncc(CNCc2csnn2)c1. The van der Waals surface area contributed by atoms with Gasteiger partial charge in [-0.25, -0.2) is 0 Å². The first-order valence-electron chi connectivity index (χ1n) is 4.31. The van der Waals surface area contributed by atoms with E-state index in [9.17, 15) is 0 Å². The fourth-order valence-electron chi connectivity index (χ4n) is 1.10. The van der Waals surface area contributed by atoms with Crippen LogP contribution in [0.4, 0.5) is 0 Å². The summed E-state index contributed by atoms with van der Waals surface area (Å²) in [4.78, 5) is 4.03. The fourth-order valence-corrected chi connectivity index (χ4v) is 1.55. The van der Waals surface area contributed by atoms with Crippen molar-refractivity contribution >= 4 is 11.5 Å². The monoisotopic (exact) mass is 206 g/mol. The van der Waals surface area contributed by atoms with E-state index < -0.39 is 0 Å². The molecule has 0 spiro atoms. The predicted octanol–water partition coefficient (Wildman–Crippen LogP) is 1.22. The standard InChI is InChI=1S/C9H10N4S/c1-2-8(4-10-3-1)5-11-6-9-7-14-13-12-9/h1-4,7,11H,5-6H2. The summed E-state index contributed by atoms with van der Waals surface area (Å²) >= 11 is 1.37. The zero-order valence-corrected chi connectivity index (χ0v) is 8.37. The smallest absolute Gasteiger partial charge is 0.0893 e. The van der Waals surface area contributed by atoms with Gasteiger partial charge in [-0.15, -0.1) is 5.10 Å². The molecule has 0 bridgehead atoms. The van der Waals surface area contributed by atoms with E-state index in [-0.39, 0.29) is 0 Å². The van der Waals surface area contributed by atoms with E-state index in [4.69, 9.17) is 0 Å². The largest absolute Gasteiger partial charge is 0.307 e. The number of pyridine rings is 1. The molecule has 72 valence electrons. The molecule has 5 heteroatoms. The molecular formula is C9H10N4S. The maximum Gasteiger partial charge on any atom is 0.0893 e. The van der Waals surface area contributed by atoms with E-state index in [2.05, 4.69) is 19.9 Å². The first-order chi connectivity index (χ1) is 6.95. The van der Waals surface area contributed by atoms with E-state index in [1.165, 1.54) is 17.1 Å². The van der Waals surface area contributed by atoms with Crippen molar-refractivity contribution in [2.75, 3.05) is 0 Å². The van der Waals surface area contributed by atoms with Crippen LogP contribution in [-0.4, -0.2) is 14.6 Å². The van der Waals surface area contributed by atoms with Gasteiger partial charge < -0.3 is 5.32 Å². The Kier molecular flexibility index (Phi) is 3.15. The van der Waals surface area contributed by atoms with Crippen molar-refractivity contribution in [1.29, 1.82) is 0 Å². The van der Waals surface area contributed by atoms with Gasteiger partial charge >= 0.3 is 0 Å². The Balaban J connectivity index is 1.79. The van der Waals surface area contributed by atoms with Crippen LogP contribution in [0.25, 0.3) is 0 Å². The summed E-state index contributed by atoms with van der Waals surface area (Å²) in [5, 5.41) is 9.15. The van der Waals surface area contributed by atoms with Crippen molar-refractivity contribution < 1.29 is 0 Å². The van der Waals surface area contributed by atoms with E-state index in [0.717, 1.165) is 18.8 Å². The van der Waals surface area contributed by atoms with Gasteiger partial charge in [-0.3, -0.25) is 4.98 Å². The molecule has 0 atom stereocenters. The summed E-state index contributed by atoms with van der Waals surface area (Å²) < 4.78 is 3.79. The van der Waals surface area contributed by atoms with Crippen molar-refractivity contribution in [2.45, 2.75) is 13.1 Å². The third kappa shape index (κ3) is 2.58. The van der Waals surface area contributed by atoms with Crippen molar-refractivity contribution in [3.05, 3.63) is 41.2 Å². The van der Waals surface area contributed by atoms with E-state index in [1.807, 2.05) is 23.7 Å². The Labute approximate surface area is 86.2 Å². The molecule has 0 radical (unpaired) electrons. The average Bonchev–Trinajstić information content (AvgIpc) is 2.72. The quantitative estimate of drug-likeness (QED) is 0.817. The maximum absolute atomic E-state index is 4.03. The van der Waals surface area contributed by atoms with Gasteiger partial charge in [-0.2, -0.15) is 0 Å². The van der Waals surface area contributed by atoms with E-state index >= 15 is 0 Å². The van der Waals surface area contributed by atoms with Crippen LogP contribution >= 0.6 is 11.5 Å². The Morgan fingerprint density at radius 1 is 1.36 bits per heavy atom. The lowest BCUT2D eigenvalue weighted by Crippen LogP contribution is -2.12. The number of aromatic nitrogens is 3. The molecule has 0 aromatic carbocycles. The summed E-state index contributed by atoms with van der Waals surface area (Å²) in [5.74, 6) is 0. The van der Waals surface area contributed by atoms with Crippen molar-refractivity contribution in [2.24, 2.45) is 0 Å². The number of nitrogens with one attached hydrogen (secondary N) is 1. The van der Waals surface area contributed by atoms with Gasteiger partial charge in [0.25, 0.3) is 0 Å². The number of hydrogen-bond donors (Lipinski definition) is 1. The third-order valence-electron chi connectivity index (χ3n) is 1.76. The topological polar surface area (TPSA) is 50.7 Å². The molecule has 0 aliphatic rings. The number of nitrogens with zero attached hydrogens (tertiary/aromatic N) is 3. The molecule has 0 fully saturated rings. The minimum absolute atomic E-state index is 0.755. The maximum atomic E-state index is 4.03. The molecule has 0 amide bonds. The molecule has 0 aliphatic carbocycles. The summed E-state index contributed by atoms with van der Waals surface area (Å²) in [6.45, 7) is 1.57. The highest BCUT2D eigenvalue weighted by Gasteiger charge is 1.95. The van der Waals surface area contributed by atoms with Crippen LogP contribution in [0.15, 0.2) is 29.9 Å². The zero-order chi connectivity index (χ0) is 9.64. The lowest BCUT2D eigenvalue weighted by atomic mass is 10.3. The normalized spacial score (nSPS) is 10.3. The van der Waals surface area contributed by atoms with Crippen LogP contribution in [0.3, 0.4) is 0 Å². The van der Waals surface area contributed by atoms with Crippen LogP contribution in [-0.2, 0) is 13.1 Å². The Hall–Kier alpha value is -1.33. The molecule has 2 heterocycles. The molecule has 0 saturated carbocycles. The van der Waals surface area contributed by atoms with Gasteiger partial charge in [0.1, 0.15) is 0 Å². The van der Waals surface area contributed by atoms with Crippen LogP contribution < -0.4 is 5.32 Å². The molecule has 14 heavy (non-hydrogen) atoms. The highest BCUT2D eigenvalue weighted by atomic mass is 32.1. The molecule has 0 saturated heterocycles. The van der Waals surface area contributed by atoms with Crippen LogP contribution in [0.1, 0.15) is 11.3 Å². The summed E-state index contributed by atoms with van der Waals surface area (Å²) in [5.41, 5.74) is 2.16. The Bertz CT molecular complexity index is 360. The van der Waals surface area contributed by atoms with Gasteiger partial charge in [-0.05, 0) is 23.2 Å². The zero-order valence-electron chi connectivity index (χ0n) is 7.55. The molecule has 0 unspecified atom stereocenters. The lowest BCUT2D eigenvalue weighted by molar-refractivity contribution is 0.676. The lowest BCUT2D eigenvalue weighted by Gasteiger charge is -2.00. The second kappa shape index (κ2) is 4.78. The summed E-state index contributed by atoms with van der Waals surface area (Å²) in [7, 11) is 0. The second-order valence-electron chi connectivity index (χ2n) is 2.86. The van der Waals surface area contributed by atoms with Crippen LogP contribution in [0.5, 0.6) is 0 Å². The van der Waals surface area contributed by atoms with Crippen LogP contribution in [0.2, 0.25) is 0 Å². The van der Waals surface area contributed by atoms with Gasteiger partial charge in [0.2, 0.25) is 0 Å². The predicted molar refractivity (Wildman–Crippen MR) is 54.7 cm³/mol. The number of rotatable bonds is 4. The Morgan fingerprint density at radius 3 is 3.07 bits per heavy atom. The minimum atomic E-state index is 0.755. The van der Waals surface area contributed by atoms with Crippen molar-refractivity contribution in [1.82, 2.24) is 19.9 Å². The third-order valence-corrected chi connectivity index (χ3v) is 2.32.